The summed E-state index contributed by atoms with van der Waals surface area (Å²) >= 11 is 11.1. The number of hydrogen-bond acceptors (Lipinski definition) is 3. The summed E-state index contributed by atoms with van der Waals surface area (Å²) in [5, 5.41) is 3.75. The molecule has 0 atom stereocenters. The summed E-state index contributed by atoms with van der Waals surface area (Å²) in [6.45, 7) is 2.00. The van der Waals surface area contributed by atoms with Crippen molar-refractivity contribution in [3.63, 3.8) is 0 Å². The molecule has 0 unspecified atom stereocenters. The van der Waals surface area contributed by atoms with Crippen LogP contribution >= 0.6 is 23.8 Å². The second-order valence-corrected chi connectivity index (χ2v) is 6.46. The van der Waals surface area contributed by atoms with Crippen molar-refractivity contribution in [2.45, 2.75) is 26.2 Å². The van der Waals surface area contributed by atoms with Crippen LogP contribution in [0, 0.1) is 0 Å². The van der Waals surface area contributed by atoms with E-state index in [0.717, 1.165) is 12.1 Å². The quantitative estimate of drug-likeness (QED) is 0.490. The Labute approximate surface area is 164 Å². The van der Waals surface area contributed by atoms with Crippen molar-refractivity contribution >= 4 is 40.5 Å². The molecule has 0 spiro atoms. The minimum Gasteiger partial charge on any atom is -0.482 e. The molecule has 3 N–H and O–H groups in total. The van der Waals surface area contributed by atoms with E-state index in [1.165, 1.54) is 18.4 Å². The van der Waals surface area contributed by atoms with Crippen molar-refractivity contribution in [2.75, 3.05) is 11.9 Å². The predicted octanol–water partition coefficient (Wildman–Crippen LogP) is 4.08. The van der Waals surface area contributed by atoms with E-state index in [4.69, 9.17) is 28.6 Å². The summed E-state index contributed by atoms with van der Waals surface area (Å²) in [6.07, 6.45) is 3.42. The number of amides is 1. The molecule has 0 fully saturated rings. The molecule has 0 aliphatic heterocycles. The van der Waals surface area contributed by atoms with Gasteiger partial charge < -0.3 is 10.1 Å². The van der Waals surface area contributed by atoms with E-state index in [2.05, 4.69) is 35.2 Å². The summed E-state index contributed by atoms with van der Waals surface area (Å²) in [7, 11) is 0. The van der Waals surface area contributed by atoms with Gasteiger partial charge in [0, 0.05) is 5.69 Å². The Hall–Kier alpha value is -2.31. The Bertz CT molecular complexity index is 738. The number of aryl methyl sites for hydroxylation is 1. The molecule has 2 aromatic carbocycles. The van der Waals surface area contributed by atoms with Gasteiger partial charge in [-0.25, -0.2) is 0 Å². The van der Waals surface area contributed by atoms with E-state index in [1.807, 2.05) is 12.1 Å². The maximum absolute atomic E-state index is 11.8. The van der Waals surface area contributed by atoms with Gasteiger partial charge in [-0.15, -0.1) is 0 Å². The fourth-order valence-corrected chi connectivity index (χ4v) is 2.52. The summed E-state index contributed by atoms with van der Waals surface area (Å²) < 4.78 is 5.35. The number of anilines is 1. The van der Waals surface area contributed by atoms with Gasteiger partial charge in [-0.1, -0.05) is 49.2 Å². The smallest absolute Gasteiger partial charge is 0.276 e. The van der Waals surface area contributed by atoms with E-state index in [0.29, 0.717) is 10.8 Å². The van der Waals surface area contributed by atoms with Crippen LogP contribution in [0.3, 0.4) is 0 Å². The number of unbranched alkanes of at least 4 members (excludes halogenated alkanes) is 1. The first-order valence-electron chi connectivity index (χ1n) is 8.40. The molecule has 26 heavy (non-hydrogen) atoms. The molecule has 2 rings (SSSR count). The Morgan fingerprint density at radius 3 is 2.54 bits per heavy atom. The van der Waals surface area contributed by atoms with Crippen LogP contribution in [-0.2, 0) is 11.2 Å². The van der Waals surface area contributed by atoms with E-state index in [9.17, 15) is 4.79 Å². The molecule has 0 radical (unpaired) electrons. The van der Waals surface area contributed by atoms with Crippen LogP contribution in [0.5, 0.6) is 5.75 Å². The minimum atomic E-state index is -0.371. The number of carbonyl (C=O) groups excluding carboxylic acids is 1. The van der Waals surface area contributed by atoms with Gasteiger partial charge in [-0.3, -0.25) is 15.6 Å². The normalized spacial score (nSPS) is 10.1. The number of carbonyl (C=O) groups is 1. The van der Waals surface area contributed by atoms with E-state index in [1.54, 1.807) is 24.3 Å². The summed E-state index contributed by atoms with van der Waals surface area (Å²) in [4.78, 5) is 11.8. The lowest BCUT2D eigenvalue weighted by molar-refractivity contribution is -0.123. The number of nitrogens with one attached hydrogen (secondary N) is 3. The van der Waals surface area contributed by atoms with E-state index >= 15 is 0 Å². The number of para-hydroxylation sites is 1. The average molecular weight is 392 g/mol. The molecule has 0 bridgehead atoms. The number of hydrazine groups is 1. The summed E-state index contributed by atoms with van der Waals surface area (Å²) in [5.74, 6) is 0.0807. The third kappa shape index (κ3) is 6.90. The summed E-state index contributed by atoms with van der Waals surface area (Å²) in [5.41, 5.74) is 7.25. The number of hydrogen-bond donors (Lipinski definition) is 3. The van der Waals surface area contributed by atoms with E-state index < -0.39 is 0 Å². The highest BCUT2D eigenvalue weighted by atomic mass is 35.5. The maximum atomic E-state index is 11.8. The summed E-state index contributed by atoms with van der Waals surface area (Å²) in [6, 6.07) is 15.0. The third-order valence-corrected chi connectivity index (χ3v) is 4.06. The number of ether oxygens (including phenoxy) is 1. The topological polar surface area (TPSA) is 62.4 Å². The number of rotatable bonds is 7. The Balaban J connectivity index is 1.70. The van der Waals surface area contributed by atoms with Crippen LogP contribution in [0.2, 0.25) is 5.02 Å². The first kappa shape index (κ1) is 20.0. The van der Waals surface area contributed by atoms with Crippen molar-refractivity contribution in [3.8, 4) is 5.75 Å². The first-order valence-corrected chi connectivity index (χ1v) is 9.19. The van der Waals surface area contributed by atoms with Crippen LogP contribution in [0.1, 0.15) is 25.3 Å². The Morgan fingerprint density at radius 2 is 1.85 bits per heavy atom. The highest BCUT2D eigenvalue weighted by Gasteiger charge is 2.06. The van der Waals surface area contributed by atoms with Gasteiger partial charge in [0.1, 0.15) is 5.75 Å². The molecule has 2 aromatic rings. The van der Waals surface area contributed by atoms with Crippen molar-refractivity contribution in [2.24, 2.45) is 0 Å². The van der Waals surface area contributed by atoms with Crippen molar-refractivity contribution in [3.05, 3.63) is 59.1 Å². The minimum absolute atomic E-state index is 0.175. The lowest BCUT2D eigenvalue weighted by Gasteiger charge is -2.12. The fourth-order valence-electron chi connectivity index (χ4n) is 2.17. The fraction of sp³-hybridized carbons (Fsp3) is 0.263. The standard InChI is InChI=1S/C19H22ClN3O2S/c1-2-3-6-14-9-11-15(12-10-14)21-19(26)23-22-18(24)13-25-17-8-5-4-7-16(17)20/h4-5,7-12H,2-3,6,13H2,1H3,(H,22,24)(H2,21,23,26). The molecule has 1 amide bonds. The third-order valence-electron chi connectivity index (χ3n) is 3.54. The Kier molecular flexibility index (Phi) is 8.18. The predicted molar refractivity (Wildman–Crippen MR) is 110 cm³/mol. The van der Waals surface area contributed by atoms with E-state index in [-0.39, 0.29) is 17.6 Å². The number of benzene rings is 2. The molecule has 0 saturated carbocycles. The number of halogens is 1. The van der Waals surface area contributed by atoms with Gasteiger partial charge in [0.25, 0.3) is 5.91 Å². The largest absolute Gasteiger partial charge is 0.482 e. The van der Waals surface area contributed by atoms with Crippen LogP contribution in [0.4, 0.5) is 5.69 Å². The van der Waals surface area contributed by atoms with Gasteiger partial charge in [0.15, 0.2) is 11.7 Å². The van der Waals surface area contributed by atoms with Crippen molar-refractivity contribution in [1.82, 2.24) is 10.9 Å². The van der Waals surface area contributed by atoms with Crippen LogP contribution < -0.4 is 20.9 Å². The van der Waals surface area contributed by atoms with Crippen molar-refractivity contribution < 1.29 is 9.53 Å². The van der Waals surface area contributed by atoms with Crippen LogP contribution in [-0.4, -0.2) is 17.6 Å². The van der Waals surface area contributed by atoms with Gasteiger partial charge >= 0.3 is 0 Å². The molecule has 0 aliphatic rings. The van der Waals surface area contributed by atoms with Gasteiger partial charge in [0.05, 0.1) is 5.02 Å². The highest BCUT2D eigenvalue weighted by molar-refractivity contribution is 7.80. The lowest BCUT2D eigenvalue weighted by Crippen LogP contribution is -2.45. The Morgan fingerprint density at radius 1 is 1.12 bits per heavy atom. The molecule has 5 nitrogen and oxygen atoms in total. The lowest BCUT2D eigenvalue weighted by atomic mass is 10.1. The maximum Gasteiger partial charge on any atom is 0.276 e. The zero-order valence-electron chi connectivity index (χ0n) is 14.5. The average Bonchev–Trinajstić information content (AvgIpc) is 2.65. The molecule has 0 saturated heterocycles. The zero-order chi connectivity index (χ0) is 18.8. The second-order valence-electron chi connectivity index (χ2n) is 5.65. The highest BCUT2D eigenvalue weighted by Crippen LogP contribution is 2.22. The number of thiocarbonyl (C=S) groups is 1. The molecule has 0 aromatic heterocycles. The van der Waals surface area contributed by atoms with Crippen LogP contribution in [0.25, 0.3) is 0 Å². The monoisotopic (exact) mass is 391 g/mol. The van der Waals surface area contributed by atoms with Gasteiger partial charge in [-0.05, 0) is 54.9 Å². The van der Waals surface area contributed by atoms with Crippen LogP contribution in [0.15, 0.2) is 48.5 Å². The van der Waals surface area contributed by atoms with Gasteiger partial charge in [-0.2, -0.15) is 0 Å². The molecular weight excluding hydrogens is 370 g/mol. The molecule has 0 heterocycles. The first-order chi connectivity index (χ1) is 12.6. The van der Waals surface area contributed by atoms with Crippen molar-refractivity contribution in [1.29, 1.82) is 0 Å². The second kappa shape index (κ2) is 10.6. The van der Waals surface area contributed by atoms with Gasteiger partial charge in [0.2, 0.25) is 0 Å². The molecule has 0 aliphatic carbocycles. The zero-order valence-corrected chi connectivity index (χ0v) is 16.1. The molecular formula is C19H22ClN3O2S. The molecule has 138 valence electrons. The molecule has 7 heteroatoms. The SMILES string of the molecule is CCCCc1ccc(NC(=S)NNC(=O)COc2ccccc2Cl)cc1.